The quantitative estimate of drug-likeness (QED) is 0.103. The minimum Gasteiger partial charge on any atom is -0.471 e. The fourth-order valence-electron chi connectivity index (χ4n) is 6.73. The number of hydrogen-bond acceptors (Lipinski definition) is 15. The standard InChI is InChI=1S/C29H44O15/c1-6-13-14(8-20(37-3)38-4)17(11-41-28(13)44-29-24(33)23(32)22(31)19(9-30)43-29)25(34)42-18-7-15-16(12(18)2)10-40-27(36)21(15)26(35)39-5/h6,11-16,18-24,27-33,36H,1,7-10H2,2-5H3/t12-,13-,14+,15+,16-,18+,19-,21+,22-,23+,24-,27-,28+,29+/m1/s1. The summed E-state index contributed by atoms with van der Waals surface area (Å²) in [6.07, 6.45) is -8.35. The number of methoxy groups -OCH3 is 3. The Hall–Kier alpha value is -2.18. The van der Waals surface area contributed by atoms with Gasteiger partial charge in [0.25, 0.3) is 0 Å². The van der Waals surface area contributed by atoms with Crippen LogP contribution in [0, 0.1) is 35.5 Å². The number of carbonyl (C=O) groups excluding carboxylic acids is 2. The largest absolute Gasteiger partial charge is 0.471 e. The first-order chi connectivity index (χ1) is 21.0. The van der Waals surface area contributed by atoms with Crippen LogP contribution in [0.5, 0.6) is 0 Å². The Morgan fingerprint density at radius 2 is 1.77 bits per heavy atom. The van der Waals surface area contributed by atoms with Crippen molar-refractivity contribution in [2.45, 2.75) is 75.4 Å². The van der Waals surface area contributed by atoms with E-state index in [9.17, 15) is 35.1 Å². The zero-order valence-corrected chi connectivity index (χ0v) is 25.2. The summed E-state index contributed by atoms with van der Waals surface area (Å²) in [5, 5.41) is 50.7. The minimum atomic E-state index is -1.68. The summed E-state index contributed by atoms with van der Waals surface area (Å²) in [6.45, 7) is 5.32. The van der Waals surface area contributed by atoms with Crippen molar-refractivity contribution < 1.29 is 73.0 Å². The minimum absolute atomic E-state index is 0.130. The summed E-state index contributed by atoms with van der Waals surface area (Å²) in [7, 11) is 4.12. The van der Waals surface area contributed by atoms with Crippen LogP contribution in [0.3, 0.4) is 0 Å². The monoisotopic (exact) mass is 632 g/mol. The first kappa shape index (κ1) is 34.7. The molecule has 1 aliphatic carbocycles. The van der Waals surface area contributed by atoms with Gasteiger partial charge in [0.05, 0.1) is 32.2 Å². The molecule has 0 aromatic carbocycles. The molecule has 4 rings (SSSR count). The smallest absolute Gasteiger partial charge is 0.337 e. The van der Waals surface area contributed by atoms with Crippen LogP contribution >= 0.6 is 0 Å². The Morgan fingerprint density at radius 1 is 1.07 bits per heavy atom. The molecule has 3 fully saturated rings. The van der Waals surface area contributed by atoms with Gasteiger partial charge in [-0.05, 0) is 24.2 Å². The summed E-state index contributed by atoms with van der Waals surface area (Å²) in [6, 6.07) is 0. The van der Waals surface area contributed by atoms with Gasteiger partial charge in [0.15, 0.2) is 18.9 Å². The van der Waals surface area contributed by atoms with Crippen molar-refractivity contribution in [1.29, 1.82) is 0 Å². The zero-order chi connectivity index (χ0) is 32.3. The summed E-state index contributed by atoms with van der Waals surface area (Å²) >= 11 is 0. The molecule has 1 saturated carbocycles. The highest BCUT2D eigenvalue weighted by Crippen LogP contribution is 2.48. The Morgan fingerprint density at radius 3 is 2.39 bits per heavy atom. The molecule has 0 amide bonds. The lowest BCUT2D eigenvalue weighted by Gasteiger charge is -2.43. The number of hydrogen-bond donors (Lipinski definition) is 5. The van der Waals surface area contributed by atoms with Crippen LogP contribution in [-0.2, 0) is 47.5 Å². The molecule has 44 heavy (non-hydrogen) atoms. The maximum absolute atomic E-state index is 13.7. The van der Waals surface area contributed by atoms with E-state index in [4.69, 9.17) is 37.9 Å². The number of ether oxygens (including phenoxy) is 8. The summed E-state index contributed by atoms with van der Waals surface area (Å²) < 4.78 is 44.3. The van der Waals surface area contributed by atoms with Crippen molar-refractivity contribution in [3.05, 3.63) is 24.5 Å². The highest BCUT2D eigenvalue weighted by Gasteiger charge is 2.54. The van der Waals surface area contributed by atoms with E-state index in [0.717, 1.165) is 0 Å². The predicted molar refractivity (Wildman–Crippen MR) is 146 cm³/mol. The van der Waals surface area contributed by atoms with Gasteiger partial charge in [-0.15, -0.1) is 6.58 Å². The van der Waals surface area contributed by atoms with Crippen molar-refractivity contribution in [2.24, 2.45) is 35.5 Å². The molecule has 14 atom stereocenters. The molecule has 4 aliphatic rings. The number of carbonyl (C=O) groups is 2. The van der Waals surface area contributed by atoms with E-state index in [1.807, 2.05) is 6.92 Å². The summed E-state index contributed by atoms with van der Waals surface area (Å²) in [5.41, 5.74) is 0.130. The SMILES string of the molecule is C=C[C@H]1[C@H](O[C@@H]2O[C@H](CO)[C@@H](O)[C@H](O)[C@H]2O)OC=C(C(=O)O[C@H]2C[C@H]3[C@H](CO[C@@H](O)[C@@H]3C(=O)OC)[C@H]2C)[C@H]1CC(OC)OC. The third-order valence-corrected chi connectivity index (χ3v) is 9.38. The van der Waals surface area contributed by atoms with Crippen molar-refractivity contribution in [3.8, 4) is 0 Å². The molecule has 3 aliphatic heterocycles. The fourth-order valence-corrected chi connectivity index (χ4v) is 6.73. The molecule has 15 heteroatoms. The lowest BCUT2D eigenvalue weighted by Crippen LogP contribution is -2.60. The summed E-state index contributed by atoms with van der Waals surface area (Å²) in [5.74, 6) is -4.32. The van der Waals surface area contributed by atoms with Gasteiger partial charge < -0.3 is 63.4 Å². The highest BCUT2D eigenvalue weighted by molar-refractivity contribution is 5.89. The molecule has 0 unspecified atom stereocenters. The van der Waals surface area contributed by atoms with Gasteiger partial charge in [-0.2, -0.15) is 0 Å². The number of aliphatic hydroxyl groups excluding tert-OH is 5. The van der Waals surface area contributed by atoms with Crippen LogP contribution in [0.1, 0.15) is 19.8 Å². The van der Waals surface area contributed by atoms with E-state index in [-0.39, 0.29) is 36.4 Å². The fraction of sp³-hybridized carbons (Fsp3) is 0.793. The lowest BCUT2D eigenvalue weighted by molar-refractivity contribution is -0.339. The molecule has 15 nitrogen and oxygen atoms in total. The molecular formula is C29H44O15. The van der Waals surface area contributed by atoms with E-state index in [2.05, 4.69) is 6.58 Å². The molecular weight excluding hydrogens is 588 g/mol. The molecule has 0 bridgehead atoms. The maximum Gasteiger partial charge on any atom is 0.337 e. The van der Waals surface area contributed by atoms with Gasteiger partial charge in [0.1, 0.15) is 36.4 Å². The summed E-state index contributed by atoms with van der Waals surface area (Å²) in [4.78, 5) is 26.2. The second kappa shape index (κ2) is 14.9. The van der Waals surface area contributed by atoms with Crippen molar-refractivity contribution in [1.82, 2.24) is 0 Å². The van der Waals surface area contributed by atoms with Gasteiger partial charge in [0.2, 0.25) is 6.29 Å². The first-order valence-electron chi connectivity index (χ1n) is 14.6. The van der Waals surface area contributed by atoms with Gasteiger partial charge >= 0.3 is 11.9 Å². The second-order valence-electron chi connectivity index (χ2n) is 11.6. The third-order valence-electron chi connectivity index (χ3n) is 9.38. The van der Waals surface area contributed by atoms with Crippen molar-refractivity contribution in [3.63, 3.8) is 0 Å². The van der Waals surface area contributed by atoms with E-state index >= 15 is 0 Å². The number of aliphatic hydroxyl groups is 5. The zero-order valence-electron chi connectivity index (χ0n) is 25.2. The average Bonchev–Trinajstić information content (AvgIpc) is 3.33. The first-order valence-corrected chi connectivity index (χ1v) is 14.6. The van der Waals surface area contributed by atoms with Gasteiger partial charge in [-0.1, -0.05) is 13.0 Å². The molecule has 3 heterocycles. The van der Waals surface area contributed by atoms with E-state index in [0.29, 0.717) is 6.42 Å². The van der Waals surface area contributed by atoms with Gasteiger partial charge in [-0.3, -0.25) is 4.79 Å². The Bertz CT molecular complexity index is 1030. The number of esters is 2. The van der Waals surface area contributed by atoms with Crippen LogP contribution in [0.4, 0.5) is 0 Å². The number of rotatable bonds is 11. The normalized spacial score (nSPS) is 42.2. The molecule has 0 radical (unpaired) electrons. The molecule has 0 aromatic rings. The maximum atomic E-state index is 13.7. The van der Waals surface area contributed by atoms with E-state index < -0.39 is 92.0 Å². The number of fused-ring (bicyclic) bond motifs is 1. The van der Waals surface area contributed by atoms with Crippen molar-refractivity contribution >= 4 is 11.9 Å². The molecule has 0 aromatic heterocycles. The lowest BCUT2D eigenvalue weighted by atomic mass is 9.79. The van der Waals surface area contributed by atoms with Crippen LogP contribution in [0.15, 0.2) is 24.5 Å². The van der Waals surface area contributed by atoms with Gasteiger partial charge in [-0.25, -0.2) is 4.79 Å². The highest BCUT2D eigenvalue weighted by atomic mass is 16.8. The second-order valence-corrected chi connectivity index (χ2v) is 11.6. The average molecular weight is 633 g/mol. The Balaban J connectivity index is 1.55. The van der Waals surface area contributed by atoms with Crippen LogP contribution in [0.25, 0.3) is 0 Å². The van der Waals surface area contributed by atoms with Crippen LogP contribution in [-0.4, -0.2) is 128 Å². The topological polar surface area (TPSA) is 209 Å². The van der Waals surface area contributed by atoms with E-state index in [1.54, 1.807) is 0 Å². The molecule has 250 valence electrons. The Kier molecular flexibility index (Phi) is 11.8. The molecule has 5 N–H and O–H groups in total. The Labute approximate surface area is 255 Å². The third kappa shape index (κ3) is 6.82. The van der Waals surface area contributed by atoms with Crippen molar-refractivity contribution in [2.75, 3.05) is 34.5 Å². The predicted octanol–water partition coefficient (Wildman–Crippen LogP) is -1.21. The van der Waals surface area contributed by atoms with Crippen LogP contribution in [0.2, 0.25) is 0 Å². The van der Waals surface area contributed by atoms with Gasteiger partial charge in [0, 0.05) is 32.5 Å². The van der Waals surface area contributed by atoms with E-state index in [1.165, 1.54) is 33.7 Å². The molecule has 2 saturated heterocycles. The van der Waals surface area contributed by atoms with Crippen LogP contribution < -0.4 is 0 Å². The molecule has 0 spiro atoms.